The standard InChI is InChI=1S/C27H29N3O2/c1-20-7-9-21(10-8-20)19-27(16-12-25(32)30-27)15-11-24(31)29-26(22-5-3-2-4-6-22)23-13-17-28-18-14-23/h2-10,13-14,17-18,26H,11-12,15-16,19H2,1H3,(H,29,31)(H,30,32). The van der Waals surface area contributed by atoms with E-state index in [2.05, 4.69) is 46.8 Å². The molecule has 0 bridgehead atoms. The Morgan fingerprint density at radius 1 is 1.03 bits per heavy atom. The molecule has 2 heterocycles. The number of hydrogen-bond donors (Lipinski definition) is 2. The molecule has 4 rings (SSSR count). The molecule has 5 nitrogen and oxygen atoms in total. The Hall–Kier alpha value is -3.47. The molecule has 0 spiro atoms. The molecular formula is C27H29N3O2. The van der Waals surface area contributed by atoms with Gasteiger partial charge in [0.25, 0.3) is 0 Å². The van der Waals surface area contributed by atoms with Gasteiger partial charge in [-0.3, -0.25) is 14.6 Å². The van der Waals surface area contributed by atoms with Gasteiger partial charge < -0.3 is 10.6 Å². The summed E-state index contributed by atoms with van der Waals surface area (Å²) in [7, 11) is 0. The SMILES string of the molecule is Cc1ccc(CC2(CCC(=O)NC(c3ccccc3)c3ccncc3)CCC(=O)N2)cc1. The van der Waals surface area contributed by atoms with Crippen molar-refractivity contribution in [3.05, 3.63) is 101 Å². The number of aromatic nitrogens is 1. The average Bonchev–Trinajstić information content (AvgIpc) is 3.19. The summed E-state index contributed by atoms with van der Waals surface area (Å²) in [5, 5.41) is 6.37. The molecule has 32 heavy (non-hydrogen) atoms. The van der Waals surface area contributed by atoms with Crippen LogP contribution in [0, 0.1) is 6.92 Å². The van der Waals surface area contributed by atoms with Crippen LogP contribution in [-0.2, 0) is 16.0 Å². The predicted molar refractivity (Wildman–Crippen MR) is 125 cm³/mol. The highest BCUT2D eigenvalue weighted by atomic mass is 16.2. The van der Waals surface area contributed by atoms with Gasteiger partial charge in [0, 0.05) is 30.8 Å². The van der Waals surface area contributed by atoms with E-state index in [1.807, 2.05) is 42.5 Å². The number of amides is 2. The predicted octanol–water partition coefficient (Wildman–Crippen LogP) is 4.27. The zero-order chi connectivity index (χ0) is 22.4. The maximum Gasteiger partial charge on any atom is 0.220 e. The van der Waals surface area contributed by atoms with Crippen molar-refractivity contribution in [1.82, 2.24) is 15.6 Å². The van der Waals surface area contributed by atoms with Crippen LogP contribution in [0.3, 0.4) is 0 Å². The van der Waals surface area contributed by atoms with Gasteiger partial charge in [-0.05, 0) is 55.0 Å². The fraction of sp³-hybridized carbons (Fsp3) is 0.296. The number of nitrogens with one attached hydrogen (secondary N) is 2. The lowest BCUT2D eigenvalue weighted by atomic mass is 9.84. The van der Waals surface area contributed by atoms with Gasteiger partial charge in [-0.1, -0.05) is 60.2 Å². The third-order valence-corrected chi connectivity index (χ3v) is 6.21. The van der Waals surface area contributed by atoms with Crippen LogP contribution in [0.2, 0.25) is 0 Å². The monoisotopic (exact) mass is 427 g/mol. The van der Waals surface area contributed by atoms with Gasteiger partial charge in [-0.2, -0.15) is 0 Å². The molecule has 0 radical (unpaired) electrons. The number of carbonyl (C=O) groups is 2. The fourth-order valence-electron chi connectivity index (χ4n) is 4.43. The summed E-state index contributed by atoms with van der Waals surface area (Å²) >= 11 is 0. The van der Waals surface area contributed by atoms with Crippen LogP contribution in [0.25, 0.3) is 0 Å². The van der Waals surface area contributed by atoms with Crippen LogP contribution in [0.4, 0.5) is 0 Å². The first-order chi connectivity index (χ1) is 15.5. The summed E-state index contributed by atoms with van der Waals surface area (Å²) in [6.07, 6.45) is 6.43. The van der Waals surface area contributed by atoms with Crippen molar-refractivity contribution in [3.63, 3.8) is 0 Å². The molecule has 1 aliphatic rings. The second kappa shape index (κ2) is 9.77. The second-order valence-corrected chi connectivity index (χ2v) is 8.68. The Balaban J connectivity index is 1.46. The molecule has 1 aromatic heterocycles. The summed E-state index contributed by atoms with van der Waals surface area (Å²) in [5.74, 6) is 0.0385. The first kappa shape index (κ1) is 21.8. The van der Waals surface area contributed by atoms with E-state index in [1.54, 1.807) is 12.4 Å². The molecule has 1 saturated heterocycles. The second-order valence-electron chi connectivity index (χ2n) is 8.68. The van der Waals surface area contributed by atoms with Gasteiger partial charge in [0.1, 0.15) is 0 Å². The Kier molecular flexibility index (Phi) is 6.64. The van der Waals surface area contributed by atoms with Crippen LogP contribution >= 0.6 is 0 Å². The van der Waals surface area contributed by atoms with E-state index in [4.69, 9.17) is 0 Å². The number of rotatable bonds is 8. The Morgan fingerprint density at radius 2 is 1.72 bits per heavy atom. The van der Waals surface area contributed by atoms with E-state index in [9.17, 15) is 9.59 Å². The molecule has 0 aliphatic carbocycles. The lowest BCUT2D eigenvalue weighted by Gasteiger charge is -2.30. The lowest BCUT2D eigenvalue weighted by molar-refractivity contribution is -0.123. The topological polar surface area (TPSA) is 71.1 Å². The summed E-state index contributed by atoms with van der Waals surface area (Å²) in [6.45, 7) is 2.06. The van der Waals surface area contributed by atoms with Crippen molar-refractivity contribution in [2.24, 2.45) is 0 Å². The maximum absolute atomic E-state index is 13.0. The zero-order valence-corrected chi connectivity index (χ0v) is 18.4. The van der Waals surface area contributed by atoms with E-state index in [0.29, 0.717) is 19.3 Å². The molecule has 1 aliphatic heterocycles. The molecule has 164 valence electrons. The van der Waals surface area contributed by atoms with Crippen molar-refractivity contribution in [2.45, 2.75) is 50.6 Å². The van der Waals surface area contributed by atoms with Crippen LogP contribution < -0.4 is 10.6 Å². The Labute approximate surface area is 189 Å². The third-order valence-electron chi connectivity index (χ3n) is 6.21. The highest BCUT2D eigenvalue weighted by Crippen LogP contribution is 2.30. The summed E-state index contributed by atoms with van der Waals surface area (Å²) in [5.41, 5.74) is 4.03. The Morgan fingerprint density at radius 3 is 2.38 bits per heavy atom. The highest BCUT2D eigenvalue weighted by molar-refractivity contribution is 5.80. The minimum absolute atomic E-state index is 0.0277. The van der Waals surface area contributed by atoms with Gasteiger partial charge >= 0.3 is 0 Å². The van der Waals surface area contributed by atoms with Crippen LogP contribution in [0.1, 0.15) is 54.0 Å². The van der Waals surface area contributed by atoms with Crippen molar-refractivity contribution < 1.29 is 9.59 Å². The van der Waals surface area contributed by atoms with Gasteiger partial charge in [0.2, 0.25) is 11.8 Å². The first-order valence-corrected chi connectivity index (χ1v) is 11.1. The molecule has 2 N–H and O–H groups in total. The Bertz CT molecular complexity index is 1010. The van der Waals surface area contributed by atoms with Crippen LogP contribution in [-0.4, -0.2) is 22.3 Å². The summed E-state index contributed by atoms with van der Waals surface area (Å²) < 4.78 is 0. The van der Waals surface area contributed by atoms with E-state index < -0.39 is 0 Å². The number of nitrogens with zero attached hydrogens (tertiary/aromatic N) is 1. The zero-order valence-electron chi connectivity index (χ0n) is 18.4. The lowest BCUT2D eigenvalue weighted by Crippen LogP contribution is -2.44. The van der Waals surface area contributed by atoms with Gasteiger partial charge in [0.05, 0.1) is 6.04 Å². The van der Waals surface area contributed by atoms with Crippen molar-refractivity contribution in [1.29, 1.82) is 0 Å². The van der Waals surface area contributed by atoms with Crippen molar-refractivity contribution in [3.8, 4) is 0 Å². The quantitative estimate of drug-likeness (QED) is 0.564. The molecule has 3 aromatic rings. The van der Waals surface area contributed by atoms with Gasteiger partial charge in [-0.15, -0.1) is 0 Å². The first-order valence-electron chi connectivity index (χ1n) is 11.1. The minimum Gasteiger partial charge on any atom is -0.350 e. The van der Waals surface area contributed by atoms with E-state index >= 15 is 0 Å². The molecule has 2 unspecified atom stereocenters. The van der Waals surface area contributed by atoms with Gasteiger partial charge in [0.15, 0.2) is 0 Å². The number of benzene rings is 2. The number of pyridine rings is 1. The molecule has 0 saturated carbocycles. The summed E-state index contributed by atoms with van der Waals surface area (Å²) in [6, 6.07) is 21.9. The minimum atomic E-state index is -0.372. The number of aryl methyl sites for hydroxylation is 1. The molecule has 2 amide bonds. The largest absolute Gasteiger partial charge is 0.350 e. The third kappa shape index (κ3) is 5.41. The molecule has 2 atom stereocenters. The van der Waals surface area contributed by atoms with E-state index in [1.165, 1.54) is 11.1 Å². The van der Waals surface area contributed by atoms with Crippen LogP contribution in [0.5, 0.6) is 0 Å². The normalized spacial score (nSPS) is 18.7. The number of carbonyl (C=O) groups excluding carboxylic acids is 2. The smallest absolute Gasteiger partial charge is 0.220 e. The maximum atomic E-state index is 13.0. The molecule has 5 heteroatoms. The van der Waals surface area contributed by atoms with Crippen molar-refractivity contribution in [2.75, 3.05) is 0 Å². The molecular weight excluding hydrogens is 398 g/mol. The average molecular weight is 428 g/mol. The molecule has 1 fully saturated rings. The summed E-state index contributed by atoms with van der Waals surface area (Å²) in [4.78, 5) is 29.2. The van der Waals surface area contributed by atoms with Crippen molar-refractivity contribution >= 4 is 11.8 Å². The van der Waals surface area contributed by atoms with Crippen LogP contribution in [0.15, 0.2) is 79.1 Å². The molecule has 2 aromatic carbocycles. The highest BCUT2D eigenvalue weighted by Gasteiger charge is 2.38. The van der Waals surface area contributed by atoms with Gasteiger partial charge in [-0.25, -0.2) is 0 Å². The number of hydrogen-bond acceptors (Lipinski definition) is 3. The fourth-order valence-corrected chi connectivity index (χ4v) is 4.43. The van der Waals surface area contributed by atoms with E-state index in [-0.39, 0.29) is 23.4 Å². The van der Waals surface area contributed by atoms with E-state index in [0.717, 1.165) is 24.0 Å².